The first kappa shape index (κ1) is 14.6. The van der Waals surface area contributed by atoms with Gasteiger partial charge in [-0.2, -0.15) is 0 Å². The highest BCUT2D eigenvalue weighted by atomic mass is 14.8. The van der Waals surface area contributed by atoms with Gasteiger partial charge in [0.05, 0.1) is 0 Å². The Labute approximate surface area is 118 Å². The topological polar surface area (TPSA) is 12.0 Å². The summed E-state index contributed by atoms with van der Waals surface area (Å²) in [5.74, 6) is 0. The van der Waals surface area contributed by atoms with Crippen LogP contribution in [-0.4, -0.2) is 13.6 Å². The lowest BCUT2D eigenvalue weighted by Gasteiger charge is -2.57. The fourth-order valence-corrected chi connectivity index (χ4v) is 4.48. The van der Waals surface area contributed by atoms with Gasteiger partial charge in [-0.1, -0.05) is 57.0 Å². The van der Waals surface area contributed by atoms with Crippen LogP contribution in [0.5, 0.6) is 0 Å². The third kappa shape index (κ3) is 2.86. The smallest absolute Gasteiger partial charge is 0.00882 e. The van der Waals surface area contributed by atoms with Crippen LogP contribution in [0.15, 0.2) is 30.3 Å². The Hall–Kier alpha value is -0.820. The largest absolute Gasteiger partial charge is 0.319 e. The molecule has 19 heavy (non-hydrogen) atoms. The summed E-state index contributed by atoms with van der Waals surface area (Å²) in [7, 11) is 2.09. The van der Waals surface area contributed by atoms with Crippen molar-refractivity contribution in [3.63, 3.8) is 0 Å². The second-order valence-electron chi connectivity index (χ2n) is 6.53. The molecule has 0 radical (unpaired) electrons. The van der Waals surface area contributed by atoms with Crippen LogP contribution in [0.25, 0.3) is 0 Å². The summed E-state index contributed by atoms with van der Waals surface area (Å²) in [5, 5.41) is 3.43. The van der Waals surface area contributed by atoms with E-state index in [-0.39, 0.29) is 0 Å². The summed E-state index contributed by atoms with van der Waals surface area (Å²) in [4.78, 5) is 0. The zero-order valence-electron chi connectivity index (χ0n) is 12.8. The van der Waals surface area contributed by atoms with E-state index < -0.39 is 0 Å². The Morgan fingerprint density at radius 1 is 1.00 bits per heavy atom. The molecule has 106 valence electrons. The van der Waals surface area contributed by atoms with Crippen LogP contribution in [0.2, 0.25) is 0 Å². The molecule has 1 N–H and O–H groups in total. The monoisotopic (exact) mass is 259 g/mol. The van der Waals surface area contributed by atoms with E-state index in [1.54, 1.807) is 0 Å². The van der Waals surface area contributed by atoms with Crippen molar-refractivity contribution >= 4 is 0 Å². The summed E-state index contributed by atoms with van der Waals surface area (Å²) < 4.78 is 0. The molecule has 0 unspecified atom stereocenters. The van der Waals surface area contributed by atoms with E-state index in [1.165, 1.54) is 44.1 Å². The molecule has 1 fully saturated rings. The molecule has 1 aliphatic carbocycles. The zero-order valence-corrected chi connectivity index (χ0v) is 12.8. The van der Waals surface area contributed by atoms with E-state index >= 15 is 0 Å². The maximum absolute atomic E-state index is 3.43. The van der Waals surface area contributed by atoms with E-state index in [4.69, 9.17) is 0 Å². The van der Waals surface area contributed by atoms with Gasteiger partial charge in [0.25, 0.3) is 0 Å². The van der Waals surface area contributed by atoms with Gasteiger partial charge in [-0.25, -0.2) is 0 Å². The predicted molar refractivity (Wildman–Crippen MR) is 83.5 cm³/mol. The molecule has 1 nitrogen and oxygen atoms in total. The summed E-state index contributed by atoms with van der Waals surface area (Å²) in [5.41, 5.74) is 2.54. The third-order valence-electron chi connectivity index (χ3n) is 4.89. The van der Waals surface area contributed by atoms with Gasteiger partial charge in [0.15, 0.2) is 0 Å². The van der Waals surface area contributed by atoms with Crippen LogP contribution in [0.3, 0.4) is 0 Å². The van der Waals surface area contributed by atoms with Gasteiger partial charge in [0, 0.05) is 12.0 Å². The van der Waals surface area contributed by atoms with Crippen LogP contribution in [0.1, 0.15) is 57.9 Å². The summed E-state index contributed by atoms with van der Waals surface area (Å²) >= 11 is 0. The Balaban J connectivity index is 2.17. The second-order valence-corrected chi connectivity index (χ2v) is 6.53. The molecular weight excluding hydrogens is 230 g/mol. The van der Waals surface area contributed by atoms with E-state index in [9.17, 15) is 0 Å². The molecule has 0 saturated heterocycles. The molecule has 0 bridgehead atoms. The van der Waals surface area contributed by atoms with Gasteiger partial charge in [0.1, 0.15) is 0 Å². The number of benzene rings is 1. The van der Waals surface area contributed by atoms with Gasteiger partial charge < -0.3 is 5.32 Å². The van der Waals surface area contributed by atoms with E-state index in [0.717, 1.165) is 6.54 Å². The first-order valence-corrected chi connectivity index (χ1v) is 7.90. The molecule has 2 rings (SSSR count). The van der Waals surface area contributed by atoms with Crippen LogP contribution < -0.4 is 5.32 Å². The minimum Gasteiger partial charge on any atom is -0.319 e. The fourth-order valence-electron chi connectivity index (χ4n) is 4.48. The molecule has 0 amide bonds. The fraction of sp³-hybridized carbons (Fsp3) is 0.667. The average Bonchev–Trinajstić information content (AvgIpc) is 2.38. The number of likely N-dealkylation sites (N-methyl/N-ethyl adjacent to an activating group) is 1. The number of rotatable bonds is 7. The highest BCUT2D eigenvalue weighted by molar-refractivity contribution is 5.31. The lowest BCUT2D eigenvalue weighted by atomic mass is 9.48. The average molecular weight is 259 g/mol. The second kappa shape index (κ2) is 6.09. The van der Waals surface area contributed by atoms with E-state index in [2.05, 4.69) is 56.5 Å². The Bertz CT molecular complexity index is 368. The number of hydrogen-bond acceptors (Lipinski definition) is 1. The van der Waals surface area contributed by atoms with Crippen molar-refractivity contribution in [3.05, 3.63) is 35.9 Å². The lowest BCUT2D eigenvalue weighted by Crippen LogP contribution is -2.54. The third-order valence-corrected chi connectivity index (χ3v) is 4.89. The molecular formula is C18H29N. The Morgan fingerprint density at radius 2 is 1.58 bits per heavy atom. The first-order chi connectivity index (χ1) is 9.20. The lowest BCUT2D eigenvalue weighted by molar-refractivity contribution is 0.00389. The molecule has 0 aliphatic heterocycles. The molecule has 1 aliphatic rings. The molecule has 0 aromatic heterocycles. The zero-order chi connectivity index (χ0) is 13.8. The van der Waals surface area contributed by atoms with Gasteiger partial charge in [-0.05, 0) is 43.7 Å². The molecule has 1 aromatic carbocycles. The molecule has 1 aromatic rings. The van der Waals surface area contributed by atoms with Crippen LogP contribution in [0.4, 0.5) is 0 Å². The van der Waals surface area contributed by atoms with Crippen LogP contribution >= 0.6 is 0 Å². The maximum Gasteiger partial charge on any atom is 0.00882 e. The minimum absolute atomic E-state index is 0.389. The summed E-state index contributed by atoms with van der Waals surface area (Å²) in [6, 6.07) is 11.1. The van der Waals surface area contributed by atoms with Gasteiger partial charge in [0.2, 0.25) is 0 Å². The van der Waals surface area contributed by atoms with Gasteiger partial charge in [-0.15, -0.1) is 0 Å². The van der Waals surface area contributed by atoms with Gasteiger partial charge >= 0.3 is 0 Å². The highest BCUT2D eigenvalue weighted by Crippen LogP contribution is 2.59. The number of nitrogens with one attached hydrogen (secondary N) is 1. The number of hydrogen-bond donors (Lipinski definition) is 1. The molecule has 0 heterocycles. The van der Waals surface area contributed by atoms with Crippen LogP contribution in [0, 0.1) is 5.41 Å². The summed E-state index contributed by atoms with van der Waals surface area (Å²) in [6.07, 6.45) is 8.19. The maximum atomic E-state index is 3.43. The van der Waals surface area contributed by atoms with Crippen molar-refractivity contribution in [2.45, 2.75) is 57.8 Å². The van der Waals surface area contributed by atoms with Crippen molar-refractivity contribution in [2.75, 3.05) is 13.6 Å². The van der Waals surface area contributed by atoms with Gasteiger partial charge in [-0.3, -0.25) is 0 Å². The molecule has 0 atom stereocenters. The van der Waals surface area contributed by atoms with Crippen molar-refractivity contribution < 1.29 is 0 Å². The normalized spacial score (nSPS) is 19.9. The minimum atomic E-state index is 0.389. The van der Waals surface area contributed by atoms with E-state index in [1.807, 2.05) is 0 Å². The van der Waals surface area contributed by atoms with Crippen LogP contribution in [-0.2, 0) is 5.41 Å². The Morgan fingerprint density at radius 3 is 2.05 bits per heavy atom. The Kier molecular flexibility index (Phi) is 4.67. The van der Waals surface area contributed by atoms with Crippen molar-refractivity contribution in [1.82, 2.24) is 5.32 Å². The standard InChI is InChI=1S/C18H29N/c1-4-11-17(12-5-2)13-18(14-17,15-19-3)16-9-7-6-8-10-16/h6-10,19H,4-5,11-15H2,1-3H3. The van der Waals surface area contributed by atoms with Crippen molar-refractivity contribution in [1.29, 1.82) is 0 Å². The predicted octanol–water partition coefficient (Wildman–Crippen LogP) is 4.52. The SMILES string of the molecule is CCCC1(CCC)CC(CNC)(c2ccccc2)C1. The molecule has 1 saturated carbocycles. The van der Waals surface area contributed by atoms with Crippen molar-refractivity contribution in [3.8, 4) is 0 Å². The summed E-state index contributed by atoms with van der Waals surface area (Å²) in [6.45, 7) is 5.78. The first-order valence-electron chi connectivity index (χ1n) is 7.90. The van der Waals surface area contributed by atoms with E-state index in [0.29, 0.717) is 10.8 Å². The molecule has 1 heteroatoms. The quantitative estimate of drug-likeness (QED) is 0.759. The molecule has 0 spiro atoms. The van der Waals surface area contributed by atoms with Crippen molar-refractivity contribution in [2.24, 2.45) is 5.41 Å². The highest BCUT2D eigenvalue weighted by Gasteiger charge is 2.53.